The van der Waals surface area contributed by atoms with E-state index in [1.807, 2.05) is 12.3 Å². The number of hydrogen-bond acceptors (Lipinski definition) is 7. The molecule has 0 unspecified atom stereocenters. The van der Waals surface area contributed by atoms with Crippen molar-refractivity contribution in [3.8, 4) is 0 Å². The quantitative estimate of drug-likeness (QED) is 0.331. The highest BCUT2D eigenvalue weighted by Crippen LogP contribution is 2.18. The van der Waals surface area contributed by atoms with Crippen molar-refractivity contribution in [3.63, 3.8) is 0 Å². The molecule has 0 aliphatic carbocycles. The molecule has 3 heterocycles. The highest BCUT2D eigenvalue weighted by Gasteiger charge is 2.34. The van der Waals surface area contributed by atoms with Gasteiger partial charge in [-0.1, -0.05) is 30.3 Å². The van der Waals surface area contributed by atoms with E-state index in [1.165, 1.54) is 17.1 Å². The zero-order valence-corrected chi connectivity index (χ0v) is 21.1. The van der Waals surface area contributed by atoms with E-state index in [-0.39, 0.29) is 24.6 Å². The molecular weight excluding hydrogens is 472 g/mol. The van der Waals surface area contributed by atoms with Crippen molar-refractivity contribution in [2.45, 2.75) is 13.0 Å². The first-order valence-corrected chi connectivity index (χ1v) is 11.4. The molecular formula is C28H34N4O5. The fourth-order valence-electron chi connectivity index (χ4n) is 3.44. The Morgan fingerprint density at radius 2 is 1.57 bits per heavy atom. The second kappa shape index (κ2) is 14.3. The summed E-state index contributed by atoms with van der Waals surface area (Å²) in [6.07, 6.45) is 3.08. The van der Waals surface area contributed by atoms with Crippen LogP contribution in [0.1, 0.15) is 27.8 Å². The fourth-order valence-corrected chi connectivity index (χ4v) is 3.44. The number of anilines is 1. The predicted molar refractivity (Wildman–Crippen MR) is 145 cm³/mol. The number of methoxy groups -OCH3 is 1. The lowest BCUT2D eigenvalue weighted by Gasteiger charge is -2.38. The van der Waals surface area contributed by atoms with Crippen LogP contribution in [0.15, 0.2) is 85.2 Å². The van der Waals surface area contributed by atoms with Crippen molar-refractivity contribution in [1.82, 2.24) is 14.9 Å². The number of para-hydroxylation sites is 1. The molecule has 0 saturated carbocycles. The Balaban J connectivity index is 0.000000380. The lowest BCUT2D eigenvalue weighted by Crippen LogP contribution is -2.55. The van der Waals surface area contributed by atoms with Crippen molar-refractivity contribution in [1.29, 1.82) is 0 Å². The number of esters is 1. The Kier molecular flexibility index (Phi) is 11.1. The van der Waals surface area contributed by atoms with Crippen LogP contribution in [0.2, 0.25) is 0 Å². The second-order valence-corrected chi connectivity index (χ2v) is 8.13. The summed E-state index contributed by atoms with van der Waals surface area (Å²) in [4.78, 5) is 33.8. The van der Waals surface area contributed by atoms with Crippen LogP contribution in [0.4, 0.5) is 5.69 Å². The van der Waals surface area contributed by atoms with Gasteiger partial charge in [-0.25, -0.2) is 9.78 Å². The van der Waals surface area contributed by atoms with Gasteiger partial charge in [0.1, 0.15) is 11.8 Å². The Hall–Kier alpha value is -4.34. The number of amides is 1. The first-order chi connectivity index (χ1) is 17.4. The average Bonchev–Trinajstić information content (AvgIpc) is 2.88. The summed E-state index contributed by atoms with van der Waals surface area (Å²) in [5.41, 5.74) is 9.39. The Labute approximate surface area is 217 Å². The Morgan fingerprint density at radius 3 is 2.19 bits per heavy atom. The highest BCUT2D eigenvalue weighted by atomic mass is 16.5. The molecule has 0 spiro atoms. The largest absolute Gasteiger partial charge is 0.454 e. The number of nitrogens with zero attached hydrogens (tertiary/aromatic N) is 3. The number of aromatic nitrogens is 2. The van der Waals surface area contributed by atoms with Crippen molar-refractivity contribution >= 4 is 28.5 Å². The van der Waals surface area contributed by atoms with Gasteiger partial charge >= 0.3 is 5.97 Å². The van der Waals surface area contributed by atoms with Crippen LogP contribution in [-0.2, 0) is 9.47 Å². The number of carbonyl (C=O) groups excluding carboxylic acids is 2. The van der Waals surface area contributed by atoms with Gasteiger partial charge in [0.05, 0.1) is 18.6 Å². The van der Waals surface area contributed by atoms with Gasteiger partial charge < -0.3 is 25.6 Å². The SMILES string of the molecule is COC.Cc1cccc2cccnc12.Nc1ccc(C(=O)N2CC(OC(=O)c3ccccn3)C2)cc1.O.[HH]. The molecule has 9 heteroatoms. The highest BCUT2D eigenvalue weighted by molar-refractivity contribution is 5.95. The third-order valence-electron chi connectivity index (χ3n) is 5.28. The second-order valence-electron chi connectivity index (χ2n) is 8.13. The van der Waals surface area contributed by atoms with Gasteiger partial charge in [0.15, 0.2) is 0 Å². The first-order valence-electron chi connectivity index (χ1n) is 11.4. The maximum atomic E-state index is 12.2. The van der Waals surface area contributed by atoms with Gasteiger partial charge in [-0.3, -0.25) is 9.78 Å². The molecule has 2 aromatic heterocycles. The molecule has 0 atom stereocenters. The van der Waals surface area contributed by atoms with Crippen LogP contribution in [0.3, 0.4) is 0 Å². The number of nitrogen functional groups attached to an aromatic ring is 1. The Morgan fingerprint density at radius 1 is 0.919 bits per heavy atom. The lowest BCUT2D eigenvalue weighted by molar-refractivity contribution is -0.0238. The molecule has 0 radical (unpaired) electrons. The van der Waals surface area contributed by atoms with Gasteiger partial charge in [0.25, 0.3) is 5.91 Å². The van der Waals surface area contributed by atoms with Gasteiger partial charge in [0.2, 0.25) is 0 Å². The number of fused-ring (bicyclic) bond motifs is 1. The molecule has 196 valence electrons. The molecule has 1 aliphatic heterocycles. The Bertz CT molecular complexity index is 1280. The van der Waals surface area contributed by atoms with Gasteiger partial charge in [-0.05, 0) is 55.0 Å². The fraction of sp³-hybridized carbons (Fsp3) is 0.214. The molecule has 5 rings (SSSR count). The molecule has 9 nitrogen and oxygen atoms in total. The molecule has 1 amide bonds. The number of benzene rings is 2. The summed E-state index contributed by atoms with van der Waals surface area (Å²) in [6, 6.07) is 22.0. The number of rotatable bonds is 3. The molecule has 4 N–H and O–H groups in total. The summed E-state index contributed by atoms with van der Waals surface area (Å²) in [5, 5.41) is 1.22. The van der Waals surface area contributed by atoms with Gasteiger partial charge in [-0.15, -0.1) is 0 Å². The van der Waals surface area contributed by atoms with E-state index in [9.17, 15) is 9.59 Å². The summed E-state index contributed by atoms with van der Waals surface area (Å²) >= 11 is 0. The minimum absolute atomic E-state index is 0. The smallest absolute Gasteiger partial charge is 0.357 e. The molecule has 1 fully saturated rings. The number of hydrogen-bond donors (Lipinski definition) is 1. The van der Waals surface area contributed by atoms with E-state index < -0.39 is 5.97 Å². The van der Waals surface area contributed by atoms with E-state index >= 15 is 0 Å². The summed E-state index contributed by atoms with van der Waals surface area (Å²) in [5.74, 6) is -0.560. The number of carbonyl (C=O) groups is 2. The van der Waals surface area contributed by atoms with E-state index in [2.05, 4.69) is 45.9 Å². The molecule has 37 heavy (non-hydrogen) atoms. The van der Waals surface area contributed by atoms with Crippen molar-refractivity contribution in [2.75, 3.05) is 33.0 Å². The zero-order valence-electron chi connectivity index (χ0n) is 21.1. The van der Waals surface area contributed by atoms with Crippen LogP contribution < -0.4 is 5.73 Å². The third-order valence-corrected chi connectivity index (χ3v) is 5.28. The van der Waals surface area contributed by atoms with Gasteiger partial charge in [-0.2, -0.15) is 0 Å². The van der Waals surface area contributed by atoms with Crippen LogP contribution in [0.25, 0.3) is 10.9 Å². The van der Waals surface area contributed by atoms with E-state index in [1.54, 1.807) is 61.6 Å². The number of likely N-dealkylation sites (tertiary alicyclic amines) is 1. The average molecular weight is 507 g/mol. The number of nitrogens with two attached hydrogens (primary N) is 1. The minimum atomic E-state index is -0.467. The van der Waals surface area contributed by atoms with Crippen molar-refractivity contribution in [3.05, 3.63) is 102 Å². The van der Waals surface area contributed by atoms with E-state index in [4.69, 9.17) is 10.5 Å². The number of ether oxygens (including phenoxy) is 2. The maximum absolute atomic E-state index is 12.2. The zero-order chi connectivity index (χ0) is 25.9. The molecule has 1 aliphatic rings. The van der Waals surface area contributed by atoms with Crippen LogP contribution in [0, 0.1) is 6.92 Å². The predicted octanol–water partition coefficient (Wildman–Crippen LogP) is 3.57. The summed E-state index contributed by atoms with van der Waals surface area (Å²) in [7, 11) is 3.25. The number of pyridine rings is 2. The van der Waals surface area contributed by atoms with E-state index in [0.29, 0.717) is 24.3 Å². The van der Waals surface area contributed by atoms with Crippen LogP contribution in [-0.4, -0.2) is 65.6 Å². The minimum Gasteiger partial charge on any atom is -0.454 e. The van der Waals surface area contributed by atoms with E-state index in [0.717, 1.165) is 5.52 Å². The maximum Gasteiger partial charge on any atom is 0.357 e. The third kappa shape index (κ3) is 8.09. The monoisotopic (exact) mass is 506 g/mol. The molecule has 4 aromatic rings. The summed E-state index contributed by atoms with van der Waals surface area (Å²) < 4.78 is 9.54. The van der Waals surface area contributed by atoms with Crippen LogP contribution in [0.5, 0.6) is 0 Å². The van der Waals surface area contributed by atoms with Crippen molar-refractivity contribution < 1.29 is 26.0 Å². The standard InChI is InChI=1S/C16H15N3O3.C10H9N.C2H6O.H2O.H2/c17-12-6-4-11(5-7-12)15(20)19-9-13(10-19)22-16(21)14-3-1-2-8-18-14;1-8-4-2-5-9-6-3-7-11-10(8)9;1-3-2;;/h1-8,13H,9-10,17H2;2-7H,1H3;1-2H3;1H2;1H. The van der Waals surface area contributed by atoms with Crippen LogP contribution >= 0.6 is 0 Å². The molecule has 1 saturated heterocycles. The lowest BCUT2D eigenvalue weighted by atomic mass is 10.1. The first kappa shape index (κ1) is 28.9. The molecule has 2 aromatic carbocycles. The normalized spacial score (nSPS) is 12.0. The van der Waals surface area contributed by atoms with Gasteiger partial charge in [0, 0.05) is 44.7 Å². The van der Waals surface area contributed by atoms with Crippen molar-refractivity contribution in [2.24, 2.45) is 0 Å². The molecule has 0 bridgehead atoms. The summed E-state index contributed by atoms with van der Waals surface area (Å²) in [6.45, 7) is 2.86. The topological polar surface area (TPSA) is 139 Å². The number of aryl methyl sites for hydroxylation is 1.